The molecule has 0 saturated carbocycles. The normalized spacial score (nSPS) is 10.4. The molecule has 0 radical (unpaired) electrons. The number of phenolic OH excluding ortho intramolecular Hbond substituents is 6. The van der Waals surface area contributed by atoms with E-state index < -0.39 is 45.8 Å². The Balaban J connectivity index is 2.56. The van der Waals surface area contributed by atoms with E-state index in [1.165, 1.54) is 6.07 Å². The van der Waals surface area contributed by atoms with Crippen LogP contribution in [0.3, 0.4) is 0 Å². The van der Waals surface area contributed by atoms with Crippen molar-refractivity contribution in [2.75, 3.05) is 0 Å². The van der Waals surface area contributed by atoms with E-state index in [1.807, 2.05) is 0 Å². The van der Waals surface area contributed by atoms with Crippen molar-refractivity contribution in [1.82, 2.24) is 0 Å². The van der Waals surface area contributed by atoms with Gasteiger partial charge < -0.3 is 30.6 Å². The molecule has 0 aliphatic heterocycles. The van der Waals surface area contributed by atoms with E-state index in [1.54, 1.807) is 0 Å². The highest BCUT2D eigenvalue weighted by atomic mass is 16.3. The second-order valence-electron chi connectivity index (χ2n) is 4.02. The maximum atomic E-state index is 12.1. The molecular weight excluding hydrogens is 268 g/mol. The van der Waals surface area contributed by atoms with Gasteiger partial charge in [0.1, 0.15) is 0 Å². The van der Waals surface area contributed by atoms with Gasteiger partial charge in [0.05, 0.1) is 5.56 Å². The Hall–Kier alpha value is -3.09. The minimum Gasteiger partial charge on any atom is -0.504 e. The Morgan fingerprint density at radius 1 is 0.700 bits per heavy atom. The van der Waals surface area contributed by atoms with Crippen LogP contribution in [0.15, 0.2) is 24.3 Å². The molecule has 0 bridgehead atoms. The number of ketones is 1. The molecular formula is C13H10O7. The average Bonchev–Trinajstić information content (AvgIpc) is 2.43. The summed E-state index contributed by atoms with van der Waals surface area (Å²) in [7, 11) is 0. The van der Waals surface area contributed by atoms with Crippen LogP contribution in [0.1, 0.15) is 15.9 Å². The fourth-order valence-electron chi connectivity index (χ4n) is 1.63. The lowest BCUT2D eigenvalue weighted by Gasteiger charge is -2.09. The van der Waals surface area contributed by atoms with Gasteiger partial charge in [0, 0.05) is 5.56 Å². The van der Waals surface area contributed by atoms with Crippen LogP contribution in [-0.2, 0) is 0 Å². The highest BCUT2D eigenvalue weighted by Gasteiger charge is 2.22. The molecule has 0 amide bonds. The van der Waals surface area contributed by atoms with E-state index in [4.69, 9.17) is 5.11 Å². The molecule has 0 spiro atoms. The van der Waals surface area contributed by atoms with Crippen molar-refractivity contribution < 1.29 is 35.4 Å². The van der Waals surface area contributed by atoms with Crippen molar-refractivity contribution in [2.45, 2.75) is 0 Å². The summed E-state index contributed by atoms with van der Waals surface area (Å²) in [5.41, 5.74) is -0.567. The Kier molecular flexibility index (Phi) is 3.03. The van der Waals surface area contributed by atoms with Gasteiger partial charge in [-0.05, 0) is 24.3 Å². The molecule has 20 heavy (non-hydrogen) atoms. The molecule has 2 rings (SSSR count). The molecule has 2 aromatic rings. The Morgan fingerprint density at radius 2 is 1.35 bits per heavy atom. The standard InChI is InChI=1S/C13H10O7/c14-7-2-1-5(3-8(7)15)10(17)6-4-9(16)12(19)13(20)11(6)18/h1-4,14-16,18-20H. The van der Waals surface area contributed by atoms with Crippen LogP contribution in [0.2, 0.25) is 0 Å². The Morgan fingerprint density at radius 3 is 1.95 bits per heavy atom. The first kappa shape index (κ1) is 13.3. The quantitative estimate of drug-likeness (QED) is 0.275. The second-order valence-corrected chi connectivity index (χ2v) is 4.02. The smallest absolute Gasteiger partial charge is 0.205 e. The van der Waals surface area contributed by atoms with Gasteiger partial charge in [-0.25, -0.2) is 0 Å². The number of aromatic hydroxyl groups is 6. The zero-order valence-electron chi connectivity index (χ0n) is 9.90. The number of rotatable bonds is 2. The molecule has 0 aliphatic rings. The Labute approximate surface area is 112 Å². The first-order valence-electron chi connectivity index (χ1n) is 5.36. The largest absolute Gasteiger partial charge is 0.504 e. The van der Waals surface area contributed by atoms with Crippen LogP contribution >= 0.6 is 0 Å². The highest BCUT2D eigenvalue weighted by Crippen LogP contribution is 2.44. The lowest BCUT2D eigenvalue weighted by Crippen LogP contribution is -2.01. The maximum Gasteiger partial charge on any atom is 0.205 e. The van der Waals surface area contributed by atoms with E-state index in [0.717, 1.165) is 18.2 Å². The summed E-state index contributed by atoms with van der Waals surface area (Å²) in [6.45, 7) is 0. The molecule has 0 atom stereocenters. The van der Waals surface area contributed by atoms with Crippen LogP contribution < -0.4 is 0 Å². The lowest BCUT2D eigenvalue weighted by molar-refractivity contribution is 0.103. The van der Waals surface area contributed by atoms with Crippen molar-refractivity contribution in [3.8, 4) is 34.5 Å². The molecule has 7 heteroatoms. The van der Waals surface area contributed by atoms with Gasteiger partial charge in [-0.15, -0.1) is 0 Å². The van der Waals surface area contributed by atoms with Gasteiger partial charge in [0.2, 0.25) is 11.5 Å². The minimum absolute atomic E-state index is 0.0971. The maximum absolute atomic E-state index is 12.1. The summed E-state index contributed by atoms with van der Waals surface area (Å²) in [5, 5.41) is 56.0. The summed E-state index contributed by atoms with van der Waals surface area (Å²) in [4.78, 5) is 12.1. The van der Waals surface area contributed by atoms with Crippen LogP contribution in [0, 0.1) is 0 Å². The minimum atomic E-state index is -1.03. The van der Waals surface area contributed by atoms with Gasteiger partial charge in [-0.3, -0.25) is 4.79 Å². The molecule has 0 unspecified atom stereocenters. The van der Waals surface area contributed by atoms with Crippen LogP contribution in [-0.4, -0.2) is 36.4 Å². The fourth-order valence-corrected chi connectivity index (χ4v) is 1.63. The predicted octanol–water partition coefficient (Wildman–Crippen LogP) is 1.15. The number of carbonyl (C=O) groups is 1. The molecule has 0 heterocycles. The third-order valence-corrected chi connectivity index (χ3v) is 2.71. The van der Waals surface area contributed by atoms with Crippen molar-refractivity contribution >= 4 is 5.78 Å². The van der Waals surface area contributed by atoms with Crippen molar-refractivity contribution in [3.63, 3.8) is 0 Å². The first-order valence-corrected chi connectivity index (χ1v) is 5.36. The number of carbonyl (C=O) groups excluding carboxylic acids is 1. The van der Waals surface area contributed by atoms with Crippen LogP contribution in [0.5, 0.6) is 34.5 Å². The molecule has 0 fully saturated rings. The molecule has 7 nitrogen and oxygen atoms in total. The first-order chi connectivity index (χ1) is 9.32. The molecule has 6 N–H and O–H groups in total. The fraction of sp³-hybridized carbons (Fsp3) is 0. The third-order valence-electron chi connectivity index (χ3n) is 2.71. The SMILES string of the molecule is O=C(c1ccc(O)c(O)c1)c1cc(O)c(O)c(O)c1O. The third kappa shape index (κ3) is 2.01. The van der Waals surface area contributed by atoms with Gasteiger partial charge in [0.25, 0.3) is 0 Å². The van der Waals surface area contributed by atoms with Crippen molar-refractivity contribution in [1.29, 1.82) is 0 Å². The Bertz CT molecular complexity index is 706. The molecule has 2 aromatic carbocycles. The highest BCUT2D eigenvalue weighted by molar-refractivity contribution is 6.11. The van der Waals surface area contributed by atoms with E-state index in [2.05, 4.69) is 0 Å². The van der Waals surface area contributed by atoms with Crippen LogP contribution in [0.25, 0.3) is 0 Å². The molecule has 0 aromatic heterocycles. The zero-order valence-corrected chi connectivity index (χ0v) is 9.90. The van der Waals surface area contributed by atoms with Crippen LogP contribution in [0.4, 0.5) is 0 Å². The summed E-state index contributed by atoms with van der Waals surface area (Å²) in [6.07, 6.45) is 0. The zero-order chi connectivity index (χ0) is 15.0. The van der Waals surface area contributed by atoms with Crippen molar-refractivity contribution in [3.05, 3.63) is 35.4 Å². The summed E-state index contributed by atoms with van der Waals surface area (Å²) in [6, 6.07) is 3.98. The average molecular weight is 278 g/mol. The van der Waals surface area contributed by atoms with Gasteiger partial charge in [-0.2, -0.15) is 0 Å². The predicted molar refractivity (Wildman–Crippen MR) is 66.3 cm³/mol. The number of benzene rings is 2. The number of hydrogen-bond donors (Lipinski definition) is 6. The van der Waals surface area contributed by atoms with Gasteiger partial charge in [0.15, 0.2) is 28.8 Å². The van der Waals surface area contributed by atoms with E-state index in [9.17, 15) is 30.3 Å². The van der Waals surface area contributed by atoms with Gasteiger partial charge >= 0.3 is 0 Å². The molecule has 104 valence electrons. The monoisotopic (exact) mass is 278 g/mol. The van der Waals surface area contributed by atoms with E-state index in [-0.39, 0.29) is 5.56 Å². The molecule has 0 saturated heterocycles. The van der Waals surface area contributed by atoms with E-state index in [0.29, 0.717) is 0 Å². The summed E-state index contributed by atoms with van der Waals surface area (Å²) < 4.78 is 0. The summed E-state index contributed by atoms with van der Waals surface area (Å²) >= 11 is 0. The molecule has 0 aliphatic carbocycles. The second kappa shape index (κ2) is 4.54. The van der Waals surface area contributed by atoms with Crippen molar-refractivity contribution in [2.24, 2.45) is 0 Å². The van der Waals surface area contributed by atoms with Gasteiger partial charge in [-0.1, -0.05) is 0 Å². The summed E-state index contributed by atoms with van der Waals surface area (Å²) in [5.74, 6) is -5.47. The van der Waals surface area contributed by atoms with E-state index >= 15 is 0 Å². The number of hydrogen-bond acceptors (Lipinski definition) is 7. The number of phenols is 6. The topological polar surface area (TPSA) is 138 Å². The lowest BCUT2D eigenvalue weighted by atomic mass is 10.0.